The summed E-state index contributed by atoms with van der Waals surface area (Å²) >= 11 is 6.33. The fourth-order valence-electron chi connectivity index (χ4n) is 2.49. The van der Waals surface area contributed by atoms with E-state index in [9.17, 15) is 0 Å². The third kappa shape index (κ3) is 3.99. The Labute approximate surface area is 156 Å². The summed E-state index contributed by atoms with van der Waals surface area (Å²) in [6.45, 7) is 3.87. The molecule has 0 saturated heterocycles. The van der Waals surface area contributed by atoms with Gasteiger partial charge >= 0.3 is 0 Å². The van der Waals surface area contributed by atoms with E-state index >= 15 is 0 Å². The SMILES string of the molecule is C=CC(SC(=S)NO)c1cc(-c2ccccc2)n(-c2ccccc2)n1. The molecule has 1 unspecified atom stereocenters. The van der Waals surface area contributed by atoms with Crippen LogP contribution in [-0.4, -0.2) is 19.3 Å². The molecule has 0 fully saturated rings. The number of hydrogen-bond donors (Lipinski definition) is 2. The van der Waals surface area contributed by atoms with Crippen molar-refractivity contribution in [3.8, 4) is 16.9 Å². The molecule has 0 spiro atoms. The van der Waals surface area contributed by atoms with E-state index in [2.05, 4.69) is 18.7 Å². The minimum absolute atomic E-state index is 0.167. The lowest BCUT2D eigenvalue weighted by atomic mass is 10.1. The summed E-state index contributed by atoms with van der Waals surface area (Å²) < 4.78 is 2.19. The van der Waals surface area contributed by atoms with Crippen LogP contribution in [0.4, 0.5) is 0 Å². The number of nitrogens with one attached hydrogen (secondary N) is 1. The third-order valence-corrected chi connectivity index (χ3v) is 5.00. The number of para-hydroxylation sites is 1. The first kappa shape index (κ1) is 17.4. The van der Waals surface area contributed by atoms with E-state index in [4.69, 9.17) is 22.5 Å². The second-order valence-electron chi connectivity index (χ2n) is 5.24. The Morgan fingerprint density at radius 1 is 1.16 bits per heavy atom. The maximum Gasteiger partial charge on any atom is 0.158 e. The quantitative estimate of drug-likeness (QED) is 0.387. The molecule has 1 heterocycles. The first-order valence-electron chi connectivity index (χ1n) is 7.67. The number of benzene rings is 2. The molecule has 1 aromatic heterocycles. The fourth-order valence-corrected chi connectivity index (χ4v) is 3.42. The zero-order chi connectivity index (χ0) is 17.6. The molecule has 0 aliphatic rings. The Kier molecular flexibility index (Phi) is 5.65. The van der Waals surface area contributed by atoms with Gasteiger partial charge < -0.3 is 0 Å². The van der Waals surface area contributed by atoms with Crippen LogP contribution in [0.15, 0.2) is 79.4 Å². The van der Waals surface area contributed by atoms with Crippen molar-refractivity contribution < 1.29 is 5.21 Å². The van der Waals surface area contributed by atoms with Gasteiger partial charge in [-0.2, -0.15) is 5.10 Å². The van der Waals surface area contributed by atoms with Crippen LogP contribution < -0.4 is 5.48 Å². The van der Waals surface area contributed by atoms with E-state index in [-0.39, 0.29) is 9.57 Å². The molecule has 0 amide bonds. The van der Waals surface area contributed by atoms with Crippen molar-refractivity contribution in [3.63, 3.8) is 0 Å². The molecule has 0 aliphatic carbocycles. The standard InChI is InChI=1S/C19H17N3OS2/c1-2-18(25-19(24)21-23)16-13-17(14-9-5-3-6-10-14)22(20-16)15-11-7-4-8-12-15/h2-13,18,23H,1H2,(H,21,24). The van der Waals surface area contributed by atoms with Crippen LogP contribution in [0.5, 0.6) is 0 Å². The van der Waals surface area contributed by atoms with Crippen LogP contribution in [0.1, 0.15) is 10.9 Å². The third-order valence-electron chi connectivity index (χ3n) is 3.63. The summed E-state index contributed by atoms with van der Waals surface area (Å²) in [5, 5.41) is 13.6. The van der Waals surface area contributed by atoms with Gasteiger partial charge in [0.1, 0.15) is 0 Å². The van der Waals surface area contributed by atoms with Crippen LogP contribution in [-0.2, 0) is 0 Å². The van der Waals surface area contributed by atoms with Gasteiger partial charge in [-0.05, 0) is 18.2 Å². The first-order chi connectivity index (χ1) is 12.2. The largest absolute Gasteiger partial charge is 0.290 e. The normalized spacial score (nSPS) is 11.7. The highest BCUT2D eigenvalue weighted by Gasteiger charge is 2.18. The van der Waals surface area contributed by atoms with Crippen LogP contribution in [0, 0.1) is 0 Å². The summed E-state index contributed by atoms with van der Waals surface area (Å²) in [5.41, 5.74) is 5.84. The number of thioether (sulfide) groups is 1. The minimum atomic E-state index is -0.167. The van der Waals surface area contributed by atoms with Crippen LogP contribution in [0.2, 0.25) is 0 Å². The summed E-state index contributed by atoms with van der Waals surface area (Å²) in [5.74, 6) is 0. The van der Waals surface area contributed by atoms with Gasteiger partial charge in [-0.15, -0.1) is 6.58 Å². The van der Waals surface area contributed by atoms with E-state index in [1.165, 1.54) is 11.8 Å². The summed E-state index contributed by atoms with van der Waals surface area (Å²) in [6.07, 6.45) is 1.76. The van der Waals surface area contributed by atoms with E-state index < -0.39 is 0 Å². The lowest BCUT2D eigenvalue weighted by molar-refractivity contribution is 0.240. The Morgan fingerprint density at radius 3 is 2.40 bits per heavy atom. The van der Waals surface area contributed by atoms with Crippen molar-refractivity contribution in [2.24, 2.45) is 0 Å². The summed E-state index contributed by atoms with van der Waals surface area (Å²) in [4.78, 5) is 0. The van der Waals surface area contributed by atoms with Gasteiger partial charge in [-0.1, -0.05) is 78.6 Å². The van der Waals surface area contributed by atoms with Gasteiger partial charge in [0, 0.05) is 5.56 Å². The fraction of sp³-hybridized carbons (Fsp3) is 0.0526. The van der Waals surface area contributed by atoms with Crippen molar-refractivity contribution in [1.29, 1.82) is 0 Å². The van der Waals surface area contributed by atoms with E-state index in [1.807, 2.05) is 64.8 Å². The Morgan fingerprint density at radius 2 is 1.80 bits per heavy atom. The number of nitrogens with zero attached hydrogens (tertiary/aromatic N) is 2. The van der Waals surface area contributed by atoms with Gasteiger partial charge in [-0.25, -0.2) is 4.68 Å². The molecule has 3 rings (SSSR count). The molecule has 6 heteroatoms. The Hall–Kier alpha value is -2.41. The summed E-state index contributed by atoms with van der Waals surface area (Å²) in [6, 6.07) is 22.1. The molecule has 0 aliphatic heterocycles. The van der Waals surface area contributed by atoms with E-state index in [0.717, 1.165) is 22.6 Å². The van der Waals surface area contributed by atoms with Crippen molar-refractivity contribution in [2.45, 2.75) is 5.25 Å². The molecule has 0 saturated carbocycles. The zero-order valence-electron chi connectivity index (χ0n) is 13.4. The van der Waals surface area contributed by atoms with Gasteiger partial charge in [0.25, 0.3) is 0 Å². The van der Waals surface area contributed by atoms with E-state index in [0.29, 0.717) is 0 Å². The van der Waals surface area contributed by atoms with Crippen molar-refractivity contribution >= 4 is 28.3 Å². The van der Waals surface area contributed by atoms with Crippen LogP contribution in [0.3, 0.4) is 0 Å². The average Bonchev–Trinajstić information content (AvgIpc) is 3.12. The van der Waals surface area contributed by atoms with E-state index in [1.54, 1.807) is 6.08 Å². The molecule has 2 N–H and O–H groups in total. The second kappa shape index (κ2) is 8.11. The highest BCUT2D eigenvalue weighted by molar-refractivity contribution is 8.23. The molecule has 25 heavy (non-hydrogen) atoms. The molecule has 0 bridgehead atoms. The maximum atomic E-state index is 8.97. The zero-order valence-corrected chi connectivity index (χ0v) is 15.0. The summed E-state index contributed by atoms with van der Waals surface area (Å²) in [7, 11) is 0. The second-order valence-corrected chi connectivity index (χ2v) is 7.06. The van der Waals surface area contributed by atoms with Gasteiger partial charge in [0.05, 0.1) is 22.3 Å². The predicted molar refractivity (Wildman–Crippen MR) is 107 cm³/mol. The monoisotopic (exact) mass is 367 g/mol. The Bertz CT molecular complexity index is 806. The van der Waals surface area contributed by atoms with Gasteiger partial charge in [0.15, 0.2) is 4.32 Å². The molecular formula is C19H17N3OS2. The first-order valence-corrected chi connectivity index (χ1v) is 8.96. The van der Waals surface area contributed by atoms with Gasteiger partial charge in [-0.3, -0.25) is 10.7 Å². The molecular weight excluding hydrogens is 350 g/mol. The van der Waals surface area contributed by atoms with Crippen molar-refractivity contribution in [1.82, 2.24) is 15.3 Å². The molecule has 126 valence electrons. The minimum Gasteiger partial charge on any atom is -0.290 e. The van der Waals surface area contributed by atoms with Crippen LogP contribution >= 0.6 is 24.0 Å². The lowest BCUT2D eigenvalue weighted by Crippen LogP contribution is -2.13. The van der Waals surface area contributed by atoms with Crippen LogP contribution in [0.25, 0.3) is 16.9 Å². The topological polar surface area (TPSA) is 50.1 Å². The van der Waals surface area contributed by atoms with Gasteiger partial charge in [0.2, 0.25) is 0 Å². The average molecular weight is 367 g/mol. The number of hydroxylamine groups is 1. The number of rotatable bonds is 5. The molecule has 3 aromatic rings. The van der Waals surface area contributed by atoms with Crippen molar-refractivity contribution in [2.75, 3.05) is 0 Å². The highest BCUT2D eigenvalue weighted by Crippen LogP contribution is 2.33. The molecule has 4 nitrogen and oxygen atoms in total. The number of aromatic nitrogens is 2. The number of hydrogen-bond acceptors (Lipinski definition) is 4. The molecule has 0 radical (unpaired) electrons. The Balaban J connectivity index is 2.09. The number of thiocarbonyl (C=S) groups is 1. The smallest absolute Gasteiger partial charge is 0.158 e. The lowest BCUT2D eigenvalue weighted by Gasteiger charge is -2.09. The predicted octanol–water partition coefficient (Wildman–Crippen LogP) is 4.76. The van der Waals surface area contributed by atoms with Crippen molar-refractivity contribution in [3.05, 3.63) is 85.1 Å². The molecule has 1 atom stereocenters. The molecule has 2 aromatic carbocycles. The maximum absolute atomic E-state index is 8.97. The highest BCUT2D eigenvalue weighted by atomic mass is 32.2.